The molecule has 0 aliphatic heterocycles. The van der Waals surface area contributed by atoms with E-state index >= 15 is 0 Å². The van der Waals surface area contributed by atoms with Crippen molar-refractivity contribution in [1.82, 2.24) is 0 Å². The first-order valence-electron chi connectivity index (χ1n) is 5.44. The second-order valence-corrected chi connectivity index (χ2v) is 4.41. The fraction of sp³-hybridized carbons (Fsp3) is 0.909. The maximum absolute atomic E-state index is 10.8. The highest BCUT2D eigenvalue weighted by Crippen LogP contribution is 2.22. The summed E-state index contributed by atoms with van der Waals surface area (Å²) in [5.74, 6) is 0.0141. The molecule has 14 heavy (non-hydrogen) atoms. The Morgan fingerprint density at radius 2 is 1.93 bits per heavy atom. The number of nitrogens with two attached hydrogens (primary N) is 1. The van der Waals surface area contributed by atoms with Crippen molar-refractivity contribution in [2.45, 2.75) is 40.0 Å². The zero-order valence-electron chi connectivity index (χ0n) is 9.49. The summed E-state index contributed by atoms with van der Waals surface area (Å²) >= 11 is 0. The molecule has 0 bridgehead atoms. The quantitative estimate of drug-likeness (QED) is 0.663. The van der Waals surface area contributed by atoms with Crippen LogP contribution in [-0.2, 0) is 4.79 Å². The third-order valence-electron chi connectivity index (χ3n) is 2.63. The Labute approximate surface area is 86.7 Å². The summed E-state index contributed by atoms with van der Waals surface area (Å²) in [6.45, 7) is 6.70. The lowest BCUT2D eigenvalue weighted by Gasteiger charge is -2.20. The summed E-state index contributed by atoms with van der Waals surface area (Å²) < 4.78 is 0. The van der Waals surface area contributed by atoms with Crippen LogP contribution in [-0.4, -0.2) is 17.6 Å². The Morgan fingerprint density at radius 3 is 2.21 bits per heavy atom. The normalized spacial score (nSPS) is 15.5. The maximum atomic E-state index is 10.8. The summed E-state index contributed by atoms with van der Waals surface area (Å²) in [5.41, 5.74) is 5.43. The first-order chi connectivity index (χ1) is 6.51. The summed E-state index contributed by atoms with van der Waals surface area (Å²) in [4.78, 5) is 10.8. The lowest BCUT2D eigenvalue weighted by molar-refractivity contribution is -0.142. The Bertz CT molecular complexity index is 169. The lowest BCUT2D eigenvalue weighted by atomic mass is 9.86. The number of hydrogen-bond acceptors (Lipinski definition) is 2. The van der Waals surface area contributed by atoms with Crippen molar-refractivity contribution in [3.8, 4) is 0 Å². The van der Waals surface area contributed by atoms with Gasteiger partial charge in [0, 0.05) is 6.54 Å². The zero-order valence-corrected chi connectivity index (χ0v) is 9.49. The molecule has 0 aliphatic rings. The number of aliphatic carboxylic acids is 1. The van der Waals surface area contributed by atoms with Gasteiger partial charge in [-0.3, -0.25) is 4.79 Å². The van der Waals surface area contributed by atoms with E-state index < -0.39 is 5.97 Å². The van der Waals surface area contributed by atoms with Crippen molar-refractivity contribution < 1.29 is 9.90 Å². The highest BCUT2D eigenvalue weighted by Gasteiger charge is 2.20. The molecule has 0 aliphatic carbocycles. The SMILES string of the molecule is CC[C@@H](CC(C)C)C[C@@H](CN)C(=O)O. The summed E-state index contributed by atoms with van der Waals surface area (Å²) in [5, 5.41) is 8.87. The second-order valence-electron chi connectivity index (χ2n) is 4.41. The van der Waals surface area contributed by atoms with Crippen LogP contribution in [0.4, 0.5) is 0 Å². The lowest BCUT2D eigenvalue weighted by Crippen LogP contribution is -2.26. The van der Waals surface area contributed by atoms with Gasteiger partial charge in [0.05, 0.1) is 5.92 Å². The minimum atomic E-state index is -0.755. The molecule has 0 fully saturated rings. The van der Waals surface area contributed by atoms with Gasteiger partial charge in [-0.05, 0) is 24.7 Å². The molecule has 0 aromatic heterocycles. The van der Waals surface area contributed by atoms with Crippen LogP contribution < -0.4 is 5.73 Å². The molecule has 3 nitrogen and oxygen atoms in total. The third kappa shape index (κ3) is 5.22. The minimum Gasteiger partial charge on any atom is -0.481 e. The summed E-state index contributed by atoms with van der Waals surface area (Å²) in [6.07, 6.45) is 2.86. The van der Waals surface area contributed by atoms with Crippen molar-refractivity contribution >= 4 is 5.97 Å². The molecule has 0 aromatic carbocycles. The van der Waals surface area contributed by atoms with Crippen molar-refractivity contribution in [2.24, 2.45) is 23.5 Å². The van der Waals surface area contributed by atoms with E-state index in [4.69, 9.17) is 10.8 Å². The van der Waals surface area contributed by atoms with Gasteiger partial charge in [0.1, 0.15) is 0 Å². The highest BCUT2D eigenvalue weighted by molar-refractivity contribution is 5.70. The fourth-order valence-electron chi connectivity index (χ4n) is 1.80. The van der Waals surface area contributed by atoms with Gasteiger partial charge < -0.3 is 10.8 Å². The van der Waals surface area contributed by atoms with Gasteiger partial charge in [0.25, 0.3) is 0 Å². The van der Waals surface area contributed by atoms with Gasteiger partial charge in [-0.2, -0.15) is 0 Å². The van der Waals surface area contributed by atoms with Crippen LogP contribution in [0.3, 0.4) is 0 Å². The molecule has 0 amide bonds. The van der Waals surface area contributed by atoms with E-state index in [-0.39, 0.29) is 12.5 Å². The number of hydrogen-bond donors (Lipinski definition) is 2. The monoisotopic (exact) mass is 201 g/mol. The molecule has 0 unspecified atom stereocenters. The minimum absolute atomic E-state index is 0.254. The Balaban J connectivity index is 4.07. The highest BCUT2D eigenvalue weighted by atomic mass is 16.4. The van der Waals surface area contributed by atoms with E-state index in [0.29, 0.717) is 11.8 Å². The second kappa shape index (κ2) is 6.82. The van der Waals surface area contributed by atoms with Crippen molar-refractivity contribution in [3.63, 3.8) is 0 Å². The number of carboxylic acids is 1. The fourth-order valence-corrected chi connectivity index (χ4v) is 1.80. The molecule has 0 heterocycles. The third-order valence-corrected chi connectivity index (χ3v) is 2.63. The smallest absolute Gasteiger partial charge is 0.307 e. The molecule has 84 valence electrons. The van der Waals surface area contributed by atoms with Gasteiger partial charge in [-0.15, -0.1) is 0 Å². The largest absolute Gasteiger partial charge is 0.481 e. The van der Waals surface area contributed by atoms with E-state index in [1.165, 1.54) is 0 Å². The average molecular weight is 201 g/mol. The van der Waals surface area contributed by atoms with Crippen LogP contribution in [0.5, 0.6) is 0 Å². The Hall–Kier alpha value is -0.570. The molecule has 2 atom stereocenters. The van der Waals surface area contributed by atoms with Crippen molar-refractivity contribution in [1.29, 1.82) is 0 Å². The van der Waals surface area contributed by atoms with E-state index in [1.54, 1.807) is 0 Å². The molecule has 0 rings (SSSR count). The van der Waals surface area contributed by atoms with Crippen LogP contribution in [0.25, 0.3) is 0 Å². The van der Waals surface area contributed by atoms with Gasteiger partial charge in [0.2, 0.25) is 0 Å². The molecular weight excluding hydrogens is 178 g/mol. The van der Waals surface area contributed by atoms with E-state index in [2.05, 4.69) is 20.8 Å². The standard InChI is InChI=1S/C11H23NO2/c1-4-9(5-8(2)3)6-10(7-12)11(13)14/h8-10H,4-7,12H2,1-3H3,(H,13,14)/t9-,10-/m0/s1. The van der Waals surface area contributed by atoms with Crippen LogP contribution in [0.15, 0.2) is 0 Å². The van der Waals surface area contributed by atoms with Gasteiger partial charge >= 0.3 is 5.97 Å². The number of rotatable bonds is 7. The average Bonchev–Trinajstić information content (AvgIpc) is 2.10. The molecule has 0 aromatic rings. The Morgan fingerprint density at radius 1 is 1.36 bits per heavy atom. The van der Waals surface area contributed by atoms with Crippen LogP contribution in [0.1, 0.15) is 40.0 Å². The van der Waals surface area contributed by atoms with Crippen LogP contribution in [0.2, 0.25) is 0 Å². The molecule has 3 N–H and O–H groups in total. The topological polar surface area (TPSA) is 63.3 Å². The van der Waals surface area contributed by atoms with Crippen LogP contribution in [0, 0.1) is 17.8 Å². The van der Waals surface area contributed by atoms with Crippen molar-refractivity contribution in [2.75, 3.05) is 6.54 Å². The Kier molecular flexibility index (Phi) is 6.54. The molecule has 0 saturated heterocycles. The molecule has 0 radical (unpaired) electrons. The molecule has 3 heteroatoms. The molecular formula is C11H23NO2. The van der Waals surface area contributed by atoms with Gasteiger partial charge in [-0.25, -0.2) is 0 Å². The summed E-state index contributed by atoms with van der Waals surface area (Å²) in [6, 6.07) is 0. The van der Waals surface area contributed by atoms with Gasteiger partial charge in [0.15, 0.2) is 0 Å². The van der Waals surface area contributed by atoms with Gasteiger partial charge in [-0.1, -0.05) is 27.2 Å². The van der Waals surface area contributed by atoms with Crippen molar-refractivity contribution in [3.05, 3.63) is 0 Å². The first kappa shape index (κ1) is 13.4. The first-order valence-corrected chi connectivity index (χ1v) is 5.44. The predicted octanol–water partition coefficient (Wildman–Crippen LogP) is 2.11. The van der Waals surface area contributed by atoms with E-state index in [9.17, 15) is 4.79 Å². The number of carbonyl (C=O) groups is 1. The predicted molar refractivity (Wildman–Crippen MR) is 58.0 cm³/mol. The maximum Gasteiger partial charge on any atom is 0.307 e. The number of carboxylic acid groups (broad SMARTS) is 1. The molecule has 0 saturated carbocycles. The van der Waals surface area contributed by atoms with E-state index in [0.717, 1.165) is 19.3 Å². The van der Waals surface area contributed by atoms with E-state index in [1.807, 2.05) is 0 Å². The molecule has 0 spiro atoms. The summed E-state index contributed by atoms with van der Waals surface area (Å²) in [7, 11) is 0. The van der Waals surface area contributed by atoms with Crippen LogP contribution >= 0.6 is 0 Å². The zero-order chi connectivity index (χ0) is 11.1.